The van der Waals surface area contributed by atoms with Crippen molar-refractivity contribution in [2.24, 2.45) is 0 Å². The number of benzene rings is 1. The van der Waals surface area contributed by atoms with Gasteiger partial charge in [-0.1, -0.05) is 29.8 Å². The average Bonchev–Trinajstić information content (AvgIpc) is 2.46. The minimum atomic E-state index is 0.533. The molecule has 3 nitrogen and oxygen atoms in total. The Kier molecular flexibility index (Phi) is 5.56. The first-order valence-electron chi connectivity index (χ1n) is 6.90. The summed E-state index contributed by atoms with van der Waals surface area (Å²) >= 11 is 0. The lowest BCUT2D eigenvalue weighted by Crippen LogP contribution is -2.05. The summed E-state index contributed by atoms with van der Waals surface area (Å²) in [6.07, 6.45) is 3.82. The third-order valence-corrected chi connectivity index (χ3v) is 3.12. The van der Waals surface area contributed by atoms with Gasteiger partial charge in [0.1, 0.15) is 6.61 Å². The van der Waals surface area contributed by atoms with Crippen LogP contribution in [0, 0.1) is 6.92 Å². The van der Waals surface area contributed by atoms with Crippen molar-refractivity contribution in [3.05, 3.63) is 59.3 Å². The topological polar surface area (TPSA) is 31.4 Å². The van der Waals surface area contributed by atoms with Crippen molar-refractivity contribution in [1.29, 1.82) is 0 Å². The SMILES string of the molecule is COCCOc1cc(CCc2cccc(C)c2)ccn1. The van der Waals surface area contributed by atoms with E-state index >= 15 is 0 Å². The van der Waals surface area contributed by atoms with Crippen LogP contribution in [0.25, 0.3) is 0 Å². The van der Waals surface area contributed by atoms with E-state index in [1.165, 1.54) is 16.7 Å². The lowest BCUT2D eigenvalue weighted by Gasteiger charge is -2.07. The molecule has 1 heterocycles. The van der Waals surface area contributed by atoms with Crippen molar-refractivity contribution in [3.63, 3.8) is 0 Å². The number of pyridine rings is 1. The van der Waals surface area contributed by atoms with Gasteiger partial charge in [-0.3, -0.25) is 0 Å². The van der Waals surface area contributed by atoms with E-state index in [-0.39, 0.29) is 0 Å². The number of aryl methyl sites for hydroxylation is 3. The molecule has 0 fully saturated rings. The maximum Gasteiger partial charge on any atom is 0.213 e. The number of rotatable bonds is 7. The van der Waals surface area contributed by atoms with Gasteiger partial charge in [-0.2, -0.15) is 0 Å². The van der Waals surface area contributed by atoms with Crippen molar-refractivity contribution in [3.8, 4) is 5.88 Å². The predicted molar refractivity (Wildman–Crippen MR) is 80.2 cm³/mol. The van der Waals surface area contributed by atoms with E-state index in [4.69, 9.17) is 9.47 Å². The number of aromatic nitrogens is 1. The molecular formula is C17H21NO2. The lowest BCUT2D eigenvalue weighted by molar-refractivity contribution is 0.143. The number of methoxy groups -OCH3 is 1. The smallest absolute Gasteiger partial charge is 0.213 e. The van der Waals surface area contributed by atoms with Gasteiger partial charge >= 0.3 is 0 Å². The highest BCUT2D eigenvalue weighted by Gasteiger charge is 2.00. The van der Waals surface area contributed by atoms with Crippen LogP contribution in [-0.4, -0.2) is 25.3 Å². The van der Waals surface area contributed by atoms with Crippen LogP contribution in [-0.2, 0) is 17.6 Å². The van der Waals surface area contributed by atoms with Crippen molar-refractivity contribution in [2.75, 3.05) is 20.3 Å². The fraction of sp³-hybridized carbons (Fsp3) is 0.353. The molecule has 1 aromatic carbocycles. The zero-order valence-electron chi connectivity index (χ0n) is 12.1. The lowest BCUT2D eigenvalue weighted by atomic mass is 10.0. The average molecular weight is 271 g/mol. The van der Waals surface area contributed by atoms with Gasteiger partial charge in [0.05, 0.1) is 6.61 Å². The Morgan fingerprint density at radius 3 is 2.55 bits per heavy atom. The second-order valence-corrected chi connectivity index (χ2v) is 4.83. The summed E-state index contributed by atoms with van der Waals surface area (Å²) < 4.78 is 10.5. The summed E-state index contributed by atoms with van der Waals surface area (Å²) in [5.74, 6) is 0.670. The fourth-order valence-corrected chi connectivity index (χ4v) is 2.07. The third kappa shape index (κ3) is 4.67. The van der Waals surface area contributed by atoms with Crippen molar-refractivity contribution >= 4 is 0 Å². The van der Waals surface area contributed by atoms with Gasteiger partial charge in [-0.15, -0.1) is 0 Å². The van der Waals surface area contributed by atoms with E-state index in [1.807, 2.05) is 12.1 Å². The number of hydrogen-bond donors (Lipinski definition) is 0. The summed E-state index contributed by atoms with van der Waals surface area (Å²) in [7, 11) is 1.66. The van der Waals surface area contributed by atoms with Crippen LogP contribution in [0.15, 0.2) is 42.6 Å². The Hall–Kier alpha value is -1.87. The molecule has 106 valence electrons. The van der Waals surface area contributed by atoms with Crippen molar-refractivity contribution in [1.82, 2.24) is 4.98 Å². The van der Waals surface area contributed by atoms with Gasteiger partial charge in [0.2, 0.25) is 5.88 Å². The summed E-state index contributed by atoms with van der Waals surface area (Å²) in [6.45, 7) is 3.23. The van der Waals surface area contributed by atoms with E-state index in [2.05, 4.69) is 36.2 Å². The largest absolute Gasteiger partial charge is 0.475 e. The van der Waals surface area contributed by atoms with Crippen LogP contribution < -0.4 is 4.74 Å². The number of hydrogen-bond acceptors (Lipinski definition) is 3. The Balaban J connectivity index is 1.91. The molecule has 2 aromatic rings. The predicted octanol–water partition coefficient (Wildman–Crippen LogP) is 3.20. The third-order valence-electron chi connectivity index (χ3n) is 3.12. The molecule has 0 aliphatic heterocycles. The van der Waals surface area contributed by atoms with Gasteiger partial charge in [-0.05, 0) is 37.0 Å². The van der Waals surface area contributed by atoms with E-state index in [9.17, 15) is 0 Å². The second kappa shape index (κ2) is 7.65. The summed E-state index contributed by atoms with van der Waals surface area (Å²) in [5.41, 5.74) is 3.92. The van der Waals surface area contributed by atoms with Crippen LogP contribution >= 0.6 is 0 Å². The minimum absolute atomic E-state index is 0.533. The Morgan fingerprint density at radius 1 is 1.00 bits per heavy atom. The Morgan fingerprint density at radius 2 is 1.80 bits per heavy atom. The summed E-state index contributed by atoms with van der Waals surface area (Å²) in [6, 6.07) is 12.7. The minimum Gasteiger partial charge on any atom is -0.475 e. The van der Waals surface area contributed by atoms with Crippen molar-refractivity contribution < 1.29 is 9.47 Å². The summed E-state index contributed by atoms with van der Waals surface area (Å²) in [5, 5.41) is 0. The van der Waals surface area contributed by atoms with Gasteiger partial charge in [0.25, 0.3) is 0 Å². The number of ether oxygens (including phenoxy) is 2. The van der Waals surface area contributed by atoms with Crippen molar-refractivity contribution in [2.45, 2.75) is 19.8 Å². The first-order chi connectivity index (χ1) is 9.78. The zero-order chi connectivity index (χ0) is 14.2. The molecule has 0 saturated carbocycles. The molecule has 1 aromatic heterocycles. The normalized spacial score (nSPS) is 10.5. The molecular weight excluding hydrogens is 250 g/mol. The summed E-state index contributed by atoms with van der Waals surface area (Å²) in [4.78, 5) is 4.20. The van der Waals surface area contributed by atoms with Crippen LogP contribution in [0.3, 0.4) is 0 Å². The molecule has 0 radical (unpaired) electrons. The molecule has 0 atom stereocenters. The maximum absolute atomic E-state index is 5.52. The molecule has 0 unspecified atom stereocenters. The van der Waals surface area contributed by atoms with Crippen LogP contribution in [0.1, 0.15) is 16.7 Å². The Labute approximate surface area is 120 Å². The van der Waals surface area contributed by atoms with Gasteiger partial charge in [0, 0.05) is 19.4 Å². The maximum atomic E-state index is 5.52. The highest BCUT2D eigenvalue weighted by molar-refractivity contribution is 5.25. The molecule has 0 aliphatic rings. The van der Waals surface area contributed by atoms with Gasteiger partial charge in [0.15, 0.2) is 0 Å². The first-order valence-corrected chi connectivity index (χ1v) is 6.90. The molecule has 0 N–H and O–H groups in total. The van der Waals surface area contributed by atoms with Gasteiger partial charge in [-0.25, -0.2) is 4.98 Å². The monoisotopic (exact) mass is 271 g/mol. The van der Waals surface area contributed by atoms with E-state index in [0.717, 1.165) is 12.8 Å². The molecule has 0 aliphatic carbocycles. The molecule has 2 rings (SSSR count). The molecule has 20 heavy (non-hydrogen) atoms. The first kappa shape index (κ1) is 14.5. The van der Waals surface area contributed by atoms with E-state index in [1.54, 1.807) is 13.3 Å². The van der Waals surface area contributed by atoms with Gasteiger partial charge < -0.3 is 9.47 Å². The molecule has 0 bridgehead atoms. The molecule has 3 heteroatoms. The quantitative estimate of drug-likeness (QED) is 0.725. The standard InChI is InChI=1S/C17H21NO2/c1-14-4-3-5-15(12-14)6-7-16-8-9-18-17(13-16)20-11-10-19-2/h3-5,8-9,12-13H,6-7,10-11H2,1-2H3. The highest BCUT2D eigenvalue weighted by atomic mass is 16.5. The molecule has 0 amide bonds. The van der Waals surface area contributed by atoms with E-state index in [0.29, 0.717) is 19.1 Å². The van der Waals surface area contributed by atoms with Crippen LogP contribution in [0.2, 0.25) is 0 Å². The zero-order valence-corrected chi connectivity index (χ0v) is 12.1. The molecule has 0 saturated heterocycles. The van der Waals surface area contributed by atoms with E-state index < -0.39 is 0 Å². The van der Waals surface area contributed by atoms with Crippen LogP contribution in [0.4, 0.5) is 0 Å². The Bertz CT molecular complexity index is 540. The fourth-order valence-electron chi connectivity index (χ4n) is 2.07. The second-order valence-electron chi connectivity index (χ2n) is 4.83. The highest BCUT2D eigenvalue weighted by Crippen LogP contribution is 2.13. The number of nitrogens with zero attached hydrogens (tertiary/aromatic N) is 1. The van der Waals surface area contributed by atoms with Crippen LogP contribution in [0.5, 0.6) is 5.88 Å². The molecule has 0 spiro atoms.